The minimum atomic E-state index is 0.0780. The van der Waals surface area contributed by atoms with E-state index < -0.39 is 0 Å². The molecule has 3 nitrogen and oxygen atoms in total. The monoisotopic (exact) mass is 386 g/mol. The molecular formula is C25H38O3. The first kappa shape index (κ1) is 21.2. The van der Waals surface area contributed by atoms with E-state index in [0.29, 0.717) is 11.8 Å². The summed E-state index contributed by atoms with van der Waals surface area (Å²) in [6.45, 7) is 11.7. The highest BCUT2D eigenvalue weighted by Crippen LogP contribution is 2.65. The van der Waals surface area contributed by atoms with Gasteiger partial charge >= 0.3 is 0 Å². The second-order valence-corrected chi connectivity index (χ2v) is 9.92. The van der Waals surface area contributed by atoms with Gasteiger partial charge in [-0.05, 0) is 58.8 Å². The topological polar surface area (TPSA) is 38.7 Å². The maximum absolute atomic E-state index is 9.94. The van der Waals surface area contributed by atoms with Gasteiger partial charge in [-0.3, -0.25) is 0 Å². The van der Waals surface area contributed by atoms with Gasteiger partial charge < -0.3 is 14.6 Å². The number of aliphatic hydroxyl groups is 1. The van der Waals surface area contributed by atoms with Crippen LogP contribution in [0.15, 0.2) is 23.8 Å². The number of aliphatic hydroxyl groups excluding tert-OH is 1. The number of benzene rings is 1. The fourth-order valence-electron chi connectivity index (χ4n) is 5.53. The normalized spacial score (nSPS) is 25.7. The molecule has 3 heteroatoms. The van der Waals surface area contributed by atoms with Gasteiger partial charge in [0.05, 0.1) is 20.8 Å². The molecular weight excluding hydrogens is 348 g/mol. The van der Waals surface area contributed by atoms with Crippen LogP contribution in [0.5, 0.6) is 11.5 Å². The average Bonchev–Trinajstić information content (AvgIpc) is 2.70. The first-order valence-corrected chi connectivity index (χ1v) is 10.8. The molecule has 0 saturated heterocycles. The highest BCUT2D eigenvalue weighted by Gasteiger charge is 2.56. The van der Waals surface area contributed by atoms with Crippen LogP contribution in [0.3, 0.4) is 0 Å². The average molecular weight is 387 g/mol. The van der Waals surface area contributed by atoms with Gasteiger partial charge in [0.1, 0.15) is 11.5 Å². The number of allylic oxidation sites excluding steroid dienone is 1. The molecule has 3 aliphatic carbocycles. The smallest absolute Gasteiger partial charge is 0.126 e. The van der Waals surface area contributed by atoms with Crippen molar-refractivity contribution in [1.29, 1.82) is 0 Å². The molecule has 1 saturated carbocycles. The molecule has 1 N–H and O–H groups in total. The molecule has 0 aliphatic heterocycles. The van der Waals surface area contributed by atoms with Gasteiger partial charge in [-0.15, -0.1) is 0 Å². The Hall–Kier alpha value is -1.48. The van der Waals surface area contributed by atoms with Crippen molar-refractivity contribution in [3.05, 3.63) is 34.9 Å². The van der Waals surface area contributed by atoms with Gasteiger partial charge in [0.25, 0.3) is 0 Å². The molecule has 0 amide bonds. The van der Waals surface area contributed by atoms with Crippen LogP contribution >= 0.6 is 0 Å². The van der Waals surface area contributed by atoms with E-state index >= 15 is 0 Å². The van der Waals surface area contributed by atoms with E-state index in [9.17, 15) is 5.11 Å². The highest BCUT2D eigenvalue weighted by molar-refractivity contribution is 5.55. The predicted molar refractivity (Wildman–Crippen MR) is 115 cm³/mol. The Bertz CT molecular complexity index is 719. The molecule has 0 heterocycles. The van der Waals surface area contributed by atoms with Crippen molar-refractivity contribution in [2.24, 2.45) is 17.3 Å². The third-order valence-electron chi connectivity index (χ3n) is 7.61. The van der Waals surface area contributed by atoms with E-state index in [0.717, 1.165) is 29.9 Å². The summed E-state index contributed by atoms with van der Waals surface area (Å²) < 4.78 is 11.8. The van der Waals surface area contributed by atoms with Gasteiger partial charge in [-0.25, -0.2) is 0 Å². The summed E-state index contributed by atoms with van der Waals surface area (Å²) in [5, 5.41) is 9.94. The molecule has 3 atom stereocenters. The van der Waals surface area contributed by atoms with E-state index in [1.54, 1.807) is 14.2 Å². The Morgan fingerprint density at radius 1 is 1.14 bits per heavy atom. The molecule has 4 rings (SSSR count). The molecule has 156 valence electrons. The summed E-state index contributed by atoms with van der Waals surface area (Å²) >= 11 is 0. The number of rotatable bonds is 8. The third-order valence-corrected chi connectivity index (χ3v) is 7.61. The summed E-state index contributed by atoms with van der Waals surface area (Å²) in [5.74, 6) is 3.11. The van der Waals surface area contributed by atoms with E-state index in [1.807, 2.05) is 0 Å². The zero-order valence-corrected chi connectivity index (χ0v) is 18.8. The maximum Gasteiger partial charge on any atom is 0.126 e. The molecule has 1 aromatic rings. The number of fused-ring (bicyclic) bond motifs is 1. The van der Waals surface area contributed by atoms with Crippen molar-refractivity contribution in [1.82, 2.24) is 0 Å². The van der Waals surface area contributed by atoms with Crippen LogP contribution in [0, 0.1) is 17.3 Å². The standard InChI is InChI=1S/C25H38O3/c1-8-9-10-24(2,3)17-12-21(27-6)23(22(13-17)28-7)18-11-16(15-26)19-14-20(18)25(19,4)5/h11-13,18-20,26H,8-10,14-15H2,1-7H3. The fraction of sp³-hybridized carbons (Fsp3) is 0.680. The Kier molecular flexibility index (Phi) is 5.87. The molecule has 0 aromatic heterocycles. The van der Waals surface area contributed by atoms with Crippen molar-refractivity contribution in [3.8, 4) is 11.5 Å². The quantitative estimate of drug-likeness (QED) is 0.570. The number of unbranched alkanes of at least 4 members (excludes halogenated alkanes) is 1. The van der Waals surface area contributed by atoms with E-state index in [2.05, 4.69) is 52.8 Å². The zero-order chi connectivity index (χ0) is 20.7. The van der Waals surface area contributed by atoms with Crippen LogP contribution in [0.1, 0.15) is 77.3 Å². The van der Waals surface area contributed by atoms with Gasteiger partial charge in [0.2, 0.25) is 0 Å². The summed E-state index contributed by atoms with van der Waals surface area (Å²) in [7, 11) is 3.52. The lowest BCUT2D eigenvalue weighted by molar-refractivity contribution is -0.0260. The van der Waals surface area contributed by atoms with Crippen molar-refractivity contribution in [2.75, 3.05) is 20.8 Å². The minimum Gasteiger partial charge on any atom is -0.496 e. The Labute approximate surface area is 171 Å². The lowest BCUT2D eigenvalue weighted by Crippen LogP contribution is -2.51. The predicted octanol–water partition coefficient (Wildman–Crippen LogP) is 5.85. The van der Waals surface area contributed by atoms with Crippen LogP contribution in [0.4, 0.5) is 0 Å². The number of ether oxygens (including phenoxy) is 2. The van der Waals surface area contributed by atoms with Crippen molar-refractivity contribution >= 4 is 0 Å². The summed E-state index contributed by atoms with van der Waals surface area (Å²) in [4.78, 5) is 0. The van der Waals surface area contributed by atoms with Gasteiger partial charge in [0.15, 0.2) is 0 Å². The van der Waals surface area contributed by atoms with Crippen LogP contribution in [-0.4, -0.2) is 25.9 Å². The number of methoxy groups -OCH3 is 2. The van der Waals surface area contributed by atoms with Gasteiger partial charge in [0, 0.05) is 11.5 Å². The lowest BCUT2D eigenvalue weighted by Gasteiger charge is -2.59. The molecule has 2 bridgehead atoms. The van der Waals surface area contributed by atoms with E-state index in [4.69, 9.17) is 9.47 Å². The Morgan fingerprint density at radius 3 is 2.21 bits per heavy atom. The minimum absolute atomic E-state index is 0.0780. The van der Waals surface area contributed by atoms with Crippen LogP contribution < -0.4 is 9.47 Å². The molecule has 3 aliphatic rings. The fourth-order valence-corrected chi connectivity index (χ4v) is 5.53. The van der Waals surface area contributed by atoms with Crippen molar-refractivity contribution in [3.63, 3.8) is 0 Å². The second kappa shape index (κ2) is 7.74. The van der Waals surface area contributed by atoms with Crippen LogP contribution in [0.25, 0.3) is 0 Å². The summed E-state index contributed by atoms with van der Waals surface area (Å²) in [6.07, 6.45) is 6.98. The maximum atomic E-state index is 9.94. The lowest BCUT2D eigenvalue weighted by atomic mass is 9.45. The molecule has 28 heavy (non-hydrogen) atoms. The molecule has 1 fully saturated rings. The van der Waals surface area contributed by atoms with Crippen molar-refractivity contribution < 1.29 is 14.6 Å². The second-order valence-electron chi connectivity index (χ2n) is 9.92. The third kappa shape index (κ3) is 3.36. The molecule has 0 radical (unpaired) electrons. The largest absolute Gasteiger partial charge is 0.496 e. The molecule has 3 unspecified atom stereocenters. The SMILES string of the molecule is CCCCC(C)(C)c1cc(OC)c(C2C=C(CO)C3CC2C3(C)C)c(OC)c1. The highest BCUT2D eigenvalue weighted by atomic mass is 16.5. The van der Waals surface area contributed by atoms with Crippen LogP contribution in [-0.2, 0) is 5.41 Å². The first-order valence-electron chi connectivity index (χ1n) is 10.8. The Balaban J connectivity index is 2.09. The van der Waals surface area contributed by atoms with Crippen LogP contribution in [0.2, 0.25) is 0 Å². The Morgan fingerprint density at radius 2 is 1.75 bits per heavy atom. The zero-order valence-electron chi connectivity index (χ0n) is 18.8. The number of hydrogen-bond donors (Lipinski definition) is 1. The first-order chi connectivity index (χ1) is 13.2. The summed E-state index contributed by atoms with van der Waals surface area (Å²) in [6, 6.07) is 4.44. The summed E-state index contributed by atoms with van der Waals surface area (Å²) in [5.41, 5.74) is 3.86. The van der Waals surface area contributed by atoms with E-state index in [-0.39, 0.29) is 23.4 Å². The van der Waals surface area contributed by atoms with Gasteiger partial charge in [-0.2, -0.15) is 0 Å². The van der Waals surface area contributed by atoms with E-state index in [1.165, 1.54) is 24.0 Å². The number of hydrogen-bond acceptors (Lipinski definition) is 3. The molecule has 1 aromatic carbocycles. The van der Waals surface area contributed by atoms with Gasteiger partial charge in [-0.1, -0.05) is 53.5 Å². The van der Waals surface area contributed by atoms with Crippen molar-refractivity contribution in [2.45, 2.75) is 71.6 Å². The molecule has 0 spiro atoms.